The van der Waals surface area contributed by atoms with Crippen molar-refractivity contribution in [3.63, 3.8) is 0 Å². The molecule has 1 N–H and O–H groups in total. The molecule has 0 unspecified atom stereocenters. The molecular weight excluding hydrogens is 355 g/mol. The van der Waals surface area contributed by atoms with Crippen molar-refractivity contribution >= 4 is 5.97 Å². The minimum atomic E-state index is -0.910. The van der Waals surface area contributed by atoms with Crippen LogP contribution in [-0.2, 0) is 18.4 Å². The Morgan fingerprint density at radius 3 is 2.21 bits per heavy atom. The molecule has 0 atom stereocenters. The number of carboxylic acids is 1. The Hall–Kier alpha value is -3.14. The van der Waals surface area contributed by atoms with E-state index in [-0.39, 0.29) is 5.82 Å². The fourth-order valence-electron chi connectivity index (χ4n) is 3.08. The van der Waals surface area contributed by atoms with E-state index in [0.717, 1.165) is 35.3 Å². The van der Waals surface area contributed by atoms with E-state index in [1.807, 2.05) is 44.2 Å². The van der Waals surface area contributed by atoms with Crippen molar-refractivity contribution in [1.82, 2.24) is 0 Å². The lowest BCUT2D eigenvalue weighted by Gasteiger charge is -2.27. The molecule has 0 spiro atoms. The molecule has 3 nitrogen and oxygen atoms in total. The van der Waals surface area contributed by atoms with Crippen molar-refractivity contribution in [2.75, 3.05) is 0 Å². The van der Waals surface area contributed by atoms with Crippen molar-refractivity contribution in [1.29, 1.82) is 0 Å². The smallest absolute Gasteiger partial charge is 0.335 e. The van der Waals surface area contributed by atoms with Crippen LogP contribution in [0, 0.1) is 5.82 Å². The third kappa shape index (κ3) is 4.97. The first-order chi connectivity index (χ1) is 13.3. The molecule has 0 aromatic heterocycles. The fraction of sp³-hybridized carbons (Fsp3) is 0.208. The summed E-state index contributed by atoms with van der Waals surface area (Å²) in [5, 5.41) is 9.08. The average Bonchev–Trinajstić information content (AvgIpc) is 2.68. The lowest BCUT2D eigenvalue weighted by Crippen LogP contribution is -2.25. The zero-order valence-electron chi connectivity index (χ0n) is 16.0. The van der Waals surface area contributed by atoms with Gasteiger partial charge in [0.25, 0.3) is 0 Å². The van der Waals surface area contributed by atoms with Crippen molar-refractivity contribution in [2.24, 2.45) is 0 Å². The van der Waals surface area contributed by atoms with Crippen molar-refractivity contribution in [3.05, 3.63) is 101 Å². The normalized spacial score (nSPS) is 11.2. The third-order valence-electron chi connectivity index (χ3n) is 4.71. The number of hydrogen-bond donors (Lipinski definition) is 1. The Labute approximate surface area is 164 Å². The Morgan fingerprint density at radius 1 is 0.929 bits per heavy atom. The van der Waals surface area contributed by atoms with Gasteiger partial charge in [-0.15, -0.1) is 0 Å². The Kier molecular flexibility index (Phi) is 5.78. The Morgan fingerprint density at radius 2 is 1.57 bits per heavy atom. The van der Waals surface area contributed by atoms with E-state index in [2.05, 4.69) is 0 Å². The van der Waals surface area contributed by atoms with Crippen LogP contribution in [0.2, 0.25) is 0 Å². The summed E-state index contributed by atoms with van der Waals surface area (Å²) in [7, 11) is 0. The van der Waals surface area contributed by atoms with Gasteiger partial charge in [-0.2, -0.15) is 0 Å². The van der Waals surface area contributed by atoms with Gasteiger partial charge < -0.3 is 9.84 Å². The van der Waals surface area contributed by atoms with Crippen LogP contribution in [0.15, 0.2) is 72.8 Å². The minimum Gasteiger partial charge on any atom is -0.483 e. The van der Waals surface area contributed by atoms with E-state index in [1.54, 1.807) is 30.3 Å². The fourth-order valence-corrected chi connectivity index (χ4v) is 3.08. The van der Waals surface area contributed by atoms with Crippen LogP contribution in [0.1, 0.15) is 40.9 Å². The molecule has 0 aliphatic carbocycles. The van der Waals surface area contributed by atoms with Gasteiger partial charge in [-0.3, -0.25) is 0 Å². The summed E-state index contributed by atoms with van der Waals surface area (Å²) in [5.74, 6) is -0.434. The summed E-state index contributed by atoms with van der Waals surface area (Å²) in [5.41, 5.74) is 2.78. The topological polar surface area (TPSA) is 46.5 Å². The van der Waals surface area contributed by atoms with Gasteiger partial charge in [0.05, 0.1) is 5.56 Å². The number of aromatic carboxylic acids is 1. The number of carbonyl (C=O) groups is 1. The first kappa shape index (κ1) is 19.6. The molecule has 0 aliphatic rings. The first-order valence-corrected chi connectivity index (χ1v) is 9.20. The van der Waals surface area contributed by atoms with E-state index >= 15 is 0 Å². The maximum absolute atomic E-state index is 13.1. The predicted molar refractivity (Wildman–Crippen MR) is 107 cm³/mol. The zero-order chi connectivity index (χ0) is 20.1. The summed E-state index contributed by atoms with van der Waals surface area (Å²) < 4.78 is 19.2. The lowest BCUT2D eigenvalue weighted by molar-refractivity contribution is 0.0696. The van der Waals surface area contributed by atoms with Gasteiger partial charge in [-0.05, 0) is 79.8 Å². The van der Waals surface area contributed by atoms with Gasteiger partial charge in [0.1, 0.15) is 17.2 Å². The number of hydrogen-bond acceptors (Lipinski definition) is 2. The van der Waals surface area contributed by atoms with Gasteiger partial charge in [-0.1, -0.05) is 36.4 Å². The minimum absolute atomic E-state index is 0.266. The van der Waals surface area contributed by atoms with Gasteiger partial charge in [0.15, 0.2) is 0 Å². The molecule has 0 amide bonds. The second kappa shape index (κ2) is 8.26. The number of carboxylic acid groups (broad SMARTS) is 1. The van der Waals surface area contributed by atoms with Crippen molar-refractivity contribution < 1.29 is 19.0 Å². The summed E-state index contributed by atoms with van der Waals surface area (Å²) >= 11 is 0. The molecule has 0 heterocycles. The molecule has 144 valence electrons. The highest BCUT2D eigenvalue weighted by molar-refractivity contribution is 5.87. The standard InChI is InChI=1S/C24H23FO3/c1-24(2,20-10-12-21(25)13-11-20)28-22-14-8-17(9-15-22)6-7-18-4-3-5-19(16-18)23(26)27/h3-5,8-16H,6-7H2,1-2H3,(H,26,27). The quantitative estimate of drug-likeness (QED) is 0.580. The molecule has 0 saturated carbocycles. The van der Waals surface area contributed by atoms with Crippen LogP contribution < -0.4 is 4.74 Å². The SMILES string of the molecule is CC(C)(Oc1ccc(CCc2cccc(C(=O)O)c2)cc1)c1ccc(F)cc1. The number of rotatable bonds is 7. The molecule has 0 saturated heterocycles. The van der Waals surface area contributed by atoms with Crippen LogP contribution in [0.4, 0.5) is 4.39 Å². The van der Waals surface area contributed by atoms with Crippen molar-refractivity contribution in [3.8, 4) is 5.75 Å². The lowest BCUT2D eigenvalue weighted by atomic mass is 9.98. The molecule has 0 bridgehead atoms. The molecule has 3 aromatic carbocycles. The van der Waals surface area contributed by atoms with Gasteiger partial charge >= 0.3 is 5.97 Å². The molecule has 0 aliphatic heterocycles. The maximum atomic E-state index is 13.1. The monoisotopic (exact) mass is 378 g/mol. The van der Waals surface area contributed by atoms with Crippen LogP contribution in [0.25, 0.3) is 0 Å². The molecule has 3 aromatic rings. The summed E-state index contributed by atoms with van der Waals surface area (Å²) in [6.45, 7) is 3.90. The highest BCUT2D eigenvalue weighted by atomic mass is 19.1. The van der Waals surface area contributed by atoms with Crippen LogP contribution in [-0.4, -0.2) is 11.1 Å². The molecular formula is C24H23FO3. The summed E-state index contributed by atoms with van der Waals surface area (Å²) in [6, 6.07) is 21.2. The van der Waals surface area contributed by atoms with Crippen molar-refractivity contribution in [2.45, 2.75) is 32.3 Å². The third-order valence-corrected chi connectivity index (χ3v) is 4.71. The Bertz CT molecular complexity index is 944. The molecule has 4 heteroatoms. The van der Waals surface area contributed by atoms with Gasteiger partial charge in [0.2, 0.25) is 0 Å². The van der Waals surface area contributed by atoms with E-state index in [4.69, 9.17) is 9.84 Å². The van der Waals surface area contributed by atoms with E-state index in [0.29, 0.717) is 5.56 Å². The summed E-state index contributed by atoms with van der Waals surface area (Å²) in [6.07, 6.45) is 1.58. The highest BCUT2D eigenvalue weighted by Gasteiger charge is 2.22. The maximum Gasteiger partial charge on any atom is 0.335 e. The number of benzene rings is 3. The highest BCUT2D eigenvalue weighted by Crippen LogP contribution is 2.28. The van der Waals surface area contributed by atoms with Crippen LogP contribution in [0.3, 0.4) is 0 Å². The molecule has 0 radical (unpaired) electrons. The number of halogens is 1. The molecule has 28 heavy (non-hydrogen) atoms. The summed E-state index contributed by atoms with van der Waals surface area (Å²) in [4.78, 5) is 11.1. The zero-order valence-corrected chi connectivity index (χ0v) is 16.0. The molecule has 0 fully saturated rings. The predicted octanol–water partition coefficient (Wildman–Crippen LogP) is 5.62. The number of aryl methyl sites for hydroxylation is 2. The van der Waals surface area contributed by atoms with Crippen LogP contribution >= 0.6 is 0 Å². The largest absolute Gasteiger partial charge is 0.483 e. The van der Waals surface area contributed by atoms with Gasteiger partial charge in [-0.25, -0.2) is 9.18 Å². The Balaban J connectivity index is 1.62. The van der Waals surface area contributed by atoms with E-state index in [9.17, 15) is 9.18 Å². The first-order valence-electron chi connectivity index (χ1n) is 9.20. The average molecular weight is 378 g/mol. The van der Waals surface area contributed by atoms with E-state index in [1.165, 1.54) is 12.1 Å². The number of ether oxygens (including phenoxy) is 1. The van der Waals surface area contributed by atoms with E-state index < -0.39 is 11.6 Å². The van der Waals surface area contributed by atoms with Gasteiger partial charge in [0, 0.05) is 0 Å². The van der Waals surface area contributed by atoms with Crippen LogP contribution in [0.5, 0.6) is 5.75 Å². The molecule has 3 rings (SSSR count). The second-order valence-electron chi connectivity index (χ2n) is 7.27. The second-order valence-corrected chi connectivity index (χ2v) is 7.27.